The Morgan fingerprint density at radius 2 is 1.95 bits per heavy atom. The number of hydrogen-bond acceptors (Lipinski definition) is 3. The number of aromatic nitrogens is 1. The molecule has 0 aliphatic heterocycles. The lowest BCUT2D eigenvalue weighted by Gasteiger charge is -2.10. The lowest BCUT2D eigenvalue weighted by atomic mass is 10.2. The Kier molecular flexibility index (Phi) is 4.30. The van der Waals surface area contributed by atoms with E-state index in [0.29, 0.717) is 11.5 Å². The summed E-state index contributed by atoms with van der Waals surface area (Å²) in [5.74, 6) is -0.138. The zero-order valence-corrected chi connectivity index (χ0v) is 11.4. The molecule has 0 atom stereocenters. The maximum absolute atomic E-state index is 13.1. The monoisotopic (exact) mass is 273 g/mol. The van der Waals surface area contributed by atoms with Crippen LogP contribution >= 0.6 is 0 Å². The van der Waals surface area contributed by atoms with E-state index < -0.39 is 5.82 Å². The summed E-state index contributed by atoms with van der Waals surface area (Å²) in [6.45, 7) is 3.97. The zero-order valence-electron chi connectivity index (χ0n) is 11.4. The highest BCUT2D eigenvalue weighted by atomic mass is 19.1. The maximum Gasteiger partial charge on any atom is 0.274 e. The molecule has 0 unspecified atom stereocenters. The van der Waals surface area contributed by atoms with Gasteiger partial charge in [-0.2, -0.15) is 0 Å². The van der Waals surface area contributed by atoms with Crippen molar-refractivity contribution in [3.05, 3.63) is 54.0 Å². The summed E-state index contributed by atoms with van der Waals surface area (Å²) in [4.78, 5) is 16.3. The van der Waals surface area contributed by atoms with Gasteiger partial charge in [-0.05, 0) is 44.2 Å². The van der Waals surface area contributed by atoms with Crippen molar-refractivity contribution in [3.8, 4) is 0 Å². The van der Waals surface area contributed by atoms with E-state index in [0.717, 1.165) is 0 Å². The lowest BCUT2D eigenvalue weighted by Crippen LogP contribution is -2.16. The predicted molar refractivity (Wildman–Crippen MR) is 77.3 cm³/mol. The summed E-state index contributed by atoms with van der Waals surface area (Å²) in [6, 6.07) is 11.1. The fourth-order valence-electron chi connectivity index (χ4n) is 1.70. The molecule has 0 aliphatic carbocycles. The van der Waals surface area contributed by atoms with Crippen LogP contribution < -0.4 is 10.6 Å². The molecule has 2 rings (SSSR count). The molecule has 104 valence electrons. The van der Waals surface area contributed by atoms with Gasteiger partial charge in [-0.15, -0.1) is 0 Å². The Labute approximate surface area is 117 Å². The van der Waals surface area contributed by atoms with Gasteiger partial charge in [0.2, 0.25) is 0 Å². The molecule has 1 heterocycles. The Bertz CT molecular complexity index is 614. The van der Waals surface area contributed by atoms with Crippen LogP contribution in [0.5, 0.6) is 0 Å². The minimum absolute atomic E-state index is 0.226. The summed E-state index contributed by atoms with van der Waals surface area (Å²) < 4.78 is 13.1. The van der Waals surface area contributed by atoms with Gasteiger partial charge in [0.15, 0.2) is 0 Å². The van der Waals surface area contributed by atoms with Crippen molar-refractivity contribution in [2.45, 2.75) is 19.9 Å². The molecule has 2 aromatic rings. The van der Waals surface area contributed by atoms with Crippen molar-refractivity contribution < 1.29 is 9.18 Å². The summed E-state index contributed by atoms with van der Waals surface area (Å²) in [6.07, 6.45) is 0. The van der Waals surface area contributed by atoms with Crippen molar-refractivity contribution in [1.82, 2.24) is 4.98 Å². The van der Waals surface area contributed by atoms with Gasteiger partial charge in [0.05, 0.1) is 0 Å². The first kappa shape index (κ1) is 14.0. The van der Waals surface area contributed by atoms with Crippen molar-refractivity contribution in [2.24, 2.45) is 0 Å². The van der Waals surface area contributed by atoms with E-state index in [2.05, 4.69) is 15.6 Å². The molecular weight excluding hydrogens is 257 g/mol. The van der Waals surface area contributed by atoms with Crippen LogP contribution in [0.25, 0.3) is 0 Å². The molecule has 0 spiro atoms. The molecule has 0 saturated carbocycles. The molecule has 0 aliphatic rings. The molecule has 0 fully saturated rings. The summed E-state index contributed by atoms with van der Waals surface area (Å²) >= 11 is 0. The quantitative estimate of drug-likeness (QED) is 0.898. The molecule has 5 heteroatoms. The van der Waals surface area contributed by atoms with Crippen LogP contribution in [0.4, 0.5) is 15.9 Å². The number of carbonyl (C=O) groups excluding carboxylic acids is 1. The van der Waals surface area contributed by atoms with Gasteiger partial charge in [-0.3, -0.25) is 4.79 Å². The number of halogens is 1. The van der Waals surface area contributed by atoms with E-state index in [9.17, 15) is 9.18 Å². The number of benzene rings is 1. The van der Waals surface area contributed by atoms with Gasteiger partial charge in [0, 0.05) is 11.7 Å². The number of carbonyl (C=O) groups is 1. The van der Waals surface area contributed by atoms with Crippen LogP contribution in [-0.2, 0) is 0 Å². The van der Waals surface area contributed by atoms with Crippen LogP contribution in [0.3, 0.4) is 0 Å². The third-order valence-electron chi connectivity index (χ3n) is 2.50. The van der Waals surface area contributed by atoms with Crippen LogP contribution in [0.15, 0.2) is 42.5 Å². The standard InChI is InChI=1S/C15H16FN3O/c1-10(2)17-14-8-4-7-13(19-14)15(20)18-12-6-3-5-11(16)9-12/h3-10H,1-2H3,(H,17,19)(H,18,20). The molecule has 1 aromatic heterocycles. The first-order chi connectivity index (χ1) is 9.54. The number of nitrogens with one attached hydrogen (secondary N) is 2. The van der Waals surface area contributed by atoms with E-state index >= 15 is 0 Å². The third-order valence-corrected chi connectivity index (χ3v) is 2.50. The second kappa shape index (κ2) is 6.14. The predicted octanol–water partition coefficient (Wildman–Crippen LogP) is 3.29. The molecule has 4 nitrogen and oxygen atoms in total. The smallest absolute Gasteiger partial charge is 0.274 e. The highest BCUT2D eigenvalue weighted by Gasteiger charge is 2.09. The zero-order chi connectivity index (χ0) is 14.5. The van der Waals surface area contributed by atoms with Gasteiger partial charge in [0.25, 0.3) is 5.91 Å². The van der Waals surface area contributed by atoms with Crippen LogP contribution in [0.1, 0.15) is 24.3 Å². The fourth-order valence-corrected chi connectivity index (χ4v) is 1.70. The molecule has 20 heavy (non-hydrogen) atoms. The molecule has 2 N–H and O–H groups in total. The molecule has 1 aromatic carbocycles. The van der Waals surface area contributed by atoms with Gasteiger partial charge in [-0.1, -0.05) is 12.1 Å². The molecular formula is C15H16FN3O. The van der Waals surface area contributed by atoms with Gasteiger partial charge in [-0.25, -0.2) is 9.37 Å². The summed E-state index contributed by atoms with van der Waals surface area (Å²) in [5, 5.41) is 5.73. The van der Waals surface area contributed by atoms with Crippen molar-refractivity contribution in [2.75, 3.05) is 10.6 Å². The van der Waals surface area contributed by atoms with Crippen LogP contribution in [-0.4, -0.2) is 16.9 Å². The Hall–Kier alpha value is -2.43. The van der Waals surface area contributed by atoms with Gasteiger partial charge < -0.3 is 10.6 Å². The van der Waals surface area contributed by atoms with E-state index in [1.807, 2.05) is 13.8 Å². The highest BCUT2D eigenvalue weighted by Crippen LogP contribution is 2.12. The van der Waals surface area contributed by atoms with Crippen molar-refractivity contribution >= 4 is 17.4 Å². The van der Waals surface area contributed by atoms with Gasteiger partial charge in [0.1, 0.15) is 17.3 Å². The van der Waals surface area contributed by atoms with Crippen molar-refractivity contribution in [1.29, 1.82) is 0 Å². The number of amides is 1. The van der Waals surface area contributed by atoms with Crippen LogP contribution in [0, 0.1) is 5.82 Å². The number of hydrogen-bond donors (Lipinski definition) is 2. The lowest BCUT2D eigenvalue weighted by molar-refractivity contribution is 0.102. The van der Waals surface area contributed by atoms with E-state index in [1.54, 1.807) is 24.3 Å². The van der Waals surface area contributed by atoms with E-state index in [1.165, 1.54) is 18.2 Å². The van der Waals surface area contributed by atoms with E-state index in [-0.39, 0.29) is 17.6 Å². The topological polar surface area (TPSA) is 54.0 Å². The average Bonchev–Trinajstić information content (AvgIpc) is 2.38. The highest BCUT2D eigenvalue weighted by molar-refractivity contribution is 6.03. The Morgan fingerprint density at radius 1 is 1.20 bits per heavy atom. The summed E-state index contributed by atoms with van der Waals surface area (Å²) in [7, 11) is 0. The van der Waals surface area contributed by atoms with Crippen LogP contribution in [0.2, 0.25) is 0 Å². The van der Waals surface area contributed by atoms with E-state index in [4.69, 9.17) is 0 Å². The Morgan fingerprint density at radius 3 is 2.65 bits per heavy atom. The molecule has 1 amide bonds. The number of pyridine rings is 1. The number of rotatable bonds is 4. The van der Waals surface area contributed by atoms with Gasteiger partial charge >= 0.3 is 0 Å². The third kappa shape index (κ3) is 3.78. The molecule has 0 radical (unpaired) electrons. The Balaban J connectivity index is 2.13. The van der Waals surface area contributed by atoms with Crippen molar-refractivity contribution in [3.63, 3.8) is 0 Å². The first-order valence-corrected chi connectivity index (χ1v) is 6.35. The SMILES string of the molecule is CC(C)Nc1cccc(C(=O)Nc2cccc(F)c2)n1. The normalized spacial score (nSPS) is 10.4. The molecule has 0 saturated heterocycles. The minimum atomic E-state index is -0.397. The second-order valence-electron chi connectivity index (χ2n) is 4.67. The fraction of sp³-hybridized carbons (Fsp3) is 0.200. The summed E-state index contributed by atoms with van der Waals surface area (Å²) in [5.41, 5.74) is 0.680. The minimum Gasteiger partial charge on any atom is -0.368 e. The largest absolute Gasteiger partial charge is 0.368 e. The molecule has 0 bridgehead atoms. The number of nitrogens with zero attached hydrogens (tertiary/aromatic N) is 1. The average molecular weight is 273 g/mol. The second-order valence-corrected chi connectivity index (χ2v) is 4.67. The number of anilines is 2. The maximum atomic E-state index is 13.1. The first-order valence-electron chi connectivity index (χ1n) is 6.35.